The van der Waals surface area contributed by atoms with Crippen LogP contribution in [0.3, 0.4) is 0 Å². The summed E-state index contributed by atoms with van der Waals surface area (Å²) in [5.74, 6) is 4.10. The monoisotopic (exact) mass is 294 g/mol. The van der Waals surface area contributed by atoms with Crippen molar-refractivity contribution in [1.29, 1.82) is 0 Å². The first-order chi connectivity index (χ1) is 9.35. The third-order valence-electron chi connectivity index (χ3n) is 2.99. The predicted molar refractivity (Wildman–Crippen MR) is 67.2 cm³/mol. The van der Waals surface area contributed by atoms with E-state index in [4.69, 9.17) is 10.6 Å². The molecule has 1 rings (SSSR count). The van der Waals surface area contributed by atoms with Crippen LogP contribution in [-0.4, -0.2) is 12.7 Å². The van der Waals surface area contributed by atoms with E-state index in [1.165, 1.54) is 6.07 Å². The Bertz CT molecular complexity index is 437. The van der Waals surface area contributed by atoms with Crippen LogP contribution in [0.4, 0.5) is 17.6 Å². The highest BCUT2D eigenvalue weighted by Gasteiger charge is 2.35. The lowest BCUT2D eigenvalue weighted by atomic mass is 9.97. The summed E-state index contributed by atoms with van der Waals surface area (Å²) in [6.45, 7) is 4.02. The van der Waals surface area contributed by atoms with E-state index in [1.807, 2.05) is 6.92 Å². The molecule has 20 heavy (non-hydrogen) atoms. The molecule has 0 fully saturated rings. The highest BCUT2D eigenvalue weighted by molar-refractivity contribution is 5.30. The number of alkyl halides is 3. The lowest BCUT2D eigenvalue weighted by molar-refractivity contribution is -0.140. The number of nitrogens with one attached hydrogen (secondary N) is 1. The van der Waals surface area contributed by atoms with Crippen molar-refractivity contribution in [2.24, 2.45) is 5.84 Å². The van der Waals surface area contributed by atoms with Crippen molar-refractivity contribution < 1.29 is 22.3 Å². The van der Waals surface area contributed by atoms with Crippen LogP contribution in [-0.2, 0) is 10.9 Å². The second-order valence-corrected chi connectivity index (χ2v) is 4.28. The van der Waals surface area contributed by atoms with Gasteiger partial charge < -0.3 is 4.74 Å². The Morgan fingerprint density at radius 2 is 1.95 bits per heavy atom. The first kappa shape index (κ1) is 16.9. The Morgan fingerprint density at radius 1 is 1.30 bits per heavy atom. The number of hydrogen-bond donors (Lipinski definition) is 2. The van der Waals surface area contributed by atoms with Crippen LogP contribution in [0.2, 0.25) is 0 Å². The van der Waals surface area contributed by atoms with Crippen LogP contribution in [0, 0.1) is 5.82 Å². The average molecular weight is 294 g/mol. The van der Waals surface area contributed by atoms with Gasteiger partial charge in [0.1, 0.15) is 5.82 Å². The smallest absolute Gasteiger partial charge is 0.376 e. The molecule has 0 radical (unpaired) electrons. The van der Waals surface area contributed by atoms with Gasteiger partial charge in [0.15, 0.2) is 0 Å². The lowest BCUT2D eigenvalue weighted by Crippen LogP contribution is -2.38. The van der Waals surface area contributed by atoms with E-state index in [9.17, 15) is 17.6 Å². The Morgan fingerprint density at radius 3 is 2.40 bits per heavy atom. The van der Waals surface area contributed by atoms with E-state index in [0.29, 0.717) is 13.0 Å². The van der Waals surface area contributed by atoms with E-state index in [2.05, 4.69) is 5.43 Å². The number of hydrazine groups is 1. The average Bonchev–Trinajstić information content (AvgIpc) is 2.38. The molecule has 0 aliphatic heterocycles. The number of halogens is 4. The fourth-order valence-corrected chi connectivity index (χ4v) is 2.04. The zero-order valence-corrected chi connectivity index (χ0v) is 11.3. The number of ether oxygens (including phenoxy) is 1. The van der Waals surface area contributed by atoms with Crippen molar-refractivity contribution in [1.82, 2.24) is 5.43 Å². The molecular formula is C13H18F4N2O. The summed E-state index contributed by atoms with van der Waals surface area (Å²) in [5.41, 5.74) is 1.37. The van der Waals surface area contributed by atoms with Gasteiger partial charge in [-0.15, -0.1) is 0 Å². The van der Waals surface area contributed by atoms with Gasteiger partial charge in [0.25, 0.3) is 0 Å². The molecule has 0 aliphatic carbocycles. The van der Waals surface area contributed by atoms with Gasteiger partial charge in [-0.1, -0.05) is 13.0 Å². The molecular weight excluding hydrogens is 276 g/mol. The molecule has 7 heteroatoms. The third kappa shape index (κ3) is 3.91. The summed E-state index contributed by atoms with van der Waals surface area (Å²) in [6.07, 6.45) is -4.58. The van der Waals surface area contributed by atoms with E-state index in [1.54, 1.807) is 6.92 Å². The van der Waals surface area contributed by atoms with Gasteiger partial charge in [0.05, 0.1) is 17.7 Å². The number of hydrogen-bond acceptors (Lipinski definition) is 3. The summed E-state index contributed by atoms with van der Waals surface area (Å²) in [7, 11) is 0. The van der Waals surface area contributed by atoms with Gasteiger partial charge in [0, 0.05) is 6.61 Å². The maximum atomic E-state index is 13.3. The zero-order chi connectivity index (χ0) is 15.3. The second-order valence-electron chi connectivity index (χ2n) is 4.28. The van der Waals surface area contributed by atoms with Gasteiger partial charge in [-0.2, -0.15) is 13.2 Å². The van der Waals surface area contributed by atoms with E-state index < -0.39 is 29.7 Å². The largest absolute Gasteiger partial charge is 0.419 e. The Kier molecular flexibility index (Phi) is 5.91. The minimum Gasteiger partial charge on any atom is -0.376 e. The van der Waals surface area contributed by atoms with E-state index in [-0.39, 0.29) is 5.56 Å². The molecule has 0 spiro atoms. The molecule has 2 unspecified atom stereocenters. The van der Waals surface area contributed by atoms with E-state index in [0.717, 1.165) is 12.1 Å². The first-order valence-corrected chi connectivity index (χ1v) is 6.29. The summed E-state index contributed by atoms with van der Waals surface area (Å²) < 4.78 is 56.8. The normalized spacial score (nSPS) is 15.2. The topological polar surface area (TPSA) is 47.3 Å². The standard InChI is InChI=1S/C13H18F4N2O/c1-3-11(20-4-2)12(19-18)8-5-6-10(14)9(7-8)13(15,16)17/h5-7,11-12,19H,3-4,18H2,1-2H3. The molecule has 3 nitrogen and oxygen atoms in total. The molecule has 1 aromatic carbocycles. The minimum atomic E-state index is -4.74. The molecule has 0 amide bonds. The van der Waals surface area contributed by atoms with Crippen LogP contribution < -0.4 is 11.3 Å². The van der Waals surface area contributed by atoms with Crippen molar-refractivity contribution in [2.45, 2.75) is 38.6 Å². The number of nitrogens with two attached hydrogens (primary N) is 1. The zero-order valence-electron chi connectivity index (χ0n) is 11.3. The van der Waals surface area contributed by atoms with Gasteiger partial charge in [-0.25, -0.2) is 4.39 Å². The molecule has 2 atom stereocenters. The summed E-state index contributed by atoms with van der Waals surface area (Å²) in [6, 6.07) is 2.20. The van der Waals surface area contributed by atoms with Crippen molar-refractivity contribution in [3.8, 4) is 0 Å². The van der Waals surface area contributed by atoms with Crippen LogP contribution >= 0.6 is 0 Å². The van der Waals surface area contributed by atoms with Gasteiger partial charge in [0.2, 0.25) is 0 Å². The SMILES string of the molecule is CCOC(CC)C(NN)c1ccc(F)c(C(F)(F)F)c1. The summed E-state index contributed by atoms with van der Waals surface area (Å²) in [4.78, 5) is 0. The van der Waals surface area contributed by atoms with Gasteiger partial charge in [-0.3, -0.25) is 11.3 Å². The van der Waals surface area contributed by atoms with Crippen LogP contribution in [0.25, 0.3) is 0 Å². The molecule has 0 saturated carbocycles. The number of benzene rings is 1. The lowest BCUT2D eigenvalue weighted by Gasteiger charge is -2.26. The molecule has 0 heterocycles. The highest BCUT2D eigenvalue weighted by Crippen LogP contribution is 2.33. The summed E-state index contributed by atoms with van der Waals surface area (Å²) >= 11 is 0. The Balaban J connectivity index is 3.16. The van der Waals surface area contributed by atoms with Crippen molar-refractivity contribution in [2.75, 3.05) is 6.61 Å². The van der Waals surface area contributed by atoms with Crippen molar-refractivity contribution in [3.63, 3.8) is 0 Å². The van der Waals surface area contributed by atoms with Crippen LogP contribution in [0.15, 0.2) is 18.2 Å². The van der Waals surface area contributed by atoms with Crippen LogP contribution in [0.5, 0.6) is 0 Å². The third-order valence-corrected chi connectivity index (χ3v) is 2.99. The molecule has 1 aromatic rings. The molecule has 0 bridgehead atoms. The quantitative estimate of drug-likeness (QED) is 0.481. The maximum absolute atomic E-state index is 13.3. The second kappa shape index (κ2) is 7.01. The predicted octanol–water partition coefficient (Wildman–Crippen LogP) is 3.16. The molecule has 3 N–H and O–H groups in total. The van der Waals surface area contributed by atoms with Crippen LogP contribution in [0.1, 0.15) is 37.4 Å². The van der Waals surface area contributed by atoms with Crippen molar-refractivity contribution in [3.05, 3.63) is 35.1 Å². The number of rotatable bonds is 6. The minimum absolute atomic E-state index is 0.238. The fourth-order valence-electron chi connectivity index (χ4n) is 2.04. The first-order valence-electron chi connectivity index (χ1n) is 6.29. The Hall–Kier alpha value is -1.18. The Labute approximate surface area is 115 Å². The fraction of sp³-hybridized carbons (Fsp3) is 0.538. The molecule has 0 saturated heterocycles. The molecule has 114 valence electrons. The summed E-state index contributed by atoms with van der Waals surface area (Å²) in [5, 5.41) is 0. The molecule has 0 aromatic heterocycles. The maximum Gasteiger partial charge on any atom is 0.419 e. The van der Waals surface area contributed by atoms with Gasteiger partial charge >= 0.3 is 6.18 Å². The molecule has 0 aliphatic rings. The van der Waals surface area contributed by atoms with E-state index >= 15 is 0 Å². The van der Waals surface area contributed by atoms with Crippen molar-refractivity contribution >= 4 is 0 Å². The highest BCUT2D eigenvalue weighted by atomic mass is 19.4. The van der Waals surface area contributed by atoms with Gasteiger partial charge in [-0.05, 0) is 31.0 Å².